The van der Waals surface area contributed by atoms with Gasteiger partial charge in [0.15, 0.2) is 0 Å². The molecule has 0 amide bonds. The van der Waals surface area contributed by atoms with Crippen molar-refractivity contribution in [3.05, 3.63) is 30.3 Å². The average molecular weight is 368 g/mol. The number of halogens is 3. The molecule has 4 aliphatic rings. The molecule has 7 heteroatoms. The first-order chi connectivity index (χ1) is 12.3. The van der Waals surface area contributed by atoms with E-state index in [1.807, 2.05) is 0 Å². The largest absolute Gasteiger partial charge is 0.461 e. The van der Waals surface area contributed by atoms with Crippen LogP contribution in [-0.2, 0) is 14.3 Å². The van der Waals surface area contributed by atoms with E-state index >= 15 is 0 Å². The molecule has 0 spiro atoms. The van der Waals surface area contributed by atoms with Crippen molar-refractivity contribution in [2.24, 2.45) is 23.7 Å². The second kappa shape index (κ2) is 5.99. The highest BCUT2D eigenvalue weighted by Gasteiger charge is 2.63. The van der Waals surface area contributed by atoms with Crippen LogP contribution in [0.4, 0.5) is 13.2 Å². The van der Waals surface area contributed by atoms with Crippen molar-refractivity contribution < 1.29 is 32.2 Å². The maximum absolute atomic E-state index is 12.7. The molecular formula is C19H19F3O4. The number of carbonyl (C=O) groups is 2. The van der Waals surface area contributed by atoms with E-state index in [9.17, 15) is 22.8 Å². The Balaban J connectivity index is 1.66. The zero-order valence-electron chi connectivity index (χ0n) is 14.0. The highest BCUT2D eigenvalue weighted by molar-refractivity contribution is 6.36. The molecule has 0 radical (unpaired) electrons. The Morgan fingerprint density at radius 1 is 0.923 bits per heavy atom. The molecule has 4 aliphatic carbocycles. The van der Waals surface area contributed by atoms with Gasteiger partial charge in [0.2, 0.25) is 0 Å². The smallest absolute Gasteiger partial charge is 0.452 e. The van der Waals surface area contributed by atoms with Gasteiger partial charge in [-0.3, -0.25) is 4.79 Å². The van der Waals surface area contributed by atoms with Crippen LogP contribution in [0, 0.1) is 23.7 Å². The van der Waals surface area contributed by atoms with Gasteiger partial charge in [-0.25, -0.2) is 4.79 Å². The van der Waals surface area contributed by atoms with Crippen LogP contribution in [0.1, 0.15) is 32.1 Å². The van der Waals surface area contributed by atoms with Crippen LogP contribution >= 0.6 is 0 Å². The molecule has 0 unspecified atom stereocenters. The molecular weight excluding hydrogens is 349 g/mol. The van der Waals surface area contributed by atoms with Crippen molar-refractivity contribution in [1.29, 1.82) is 0 Å². The van der Waals surface area contributed by atoms with E-state index < -0.39 is 23.7 Å². The number of alkyl halides is 3. The standard InChI is InChI=1S/C19H19F3O4/c20-19(21,22)16(23)17(24)26-18(25-15-4-2-1-3-5-15)13-7-11-6-12(9-13)10-14(18)8-11/h1-5,11-14H,6-10H2. The lowest BCUT2D eigenvalue weighted by molar-refractivity contribution is -0.288. The normalized spacial score (nSPS) is 35.2. The summed E-state index contributed by atoms with van der Waals surface area (Å²) in [5, 5.41) is 0. The van der Waals surface area contributed by atoms with Crippen molar-refractivity contribution in [3.8, 4) is 5.75 Å². The lowest BCUT2D eigenvalue weighted by atomic mass is 9.53. The first-order valence-electron chi connectivity index (χ1n) is 8.86. The quantitative estimate of drug-likeness (QED) is 0.460. The summed E-state index contributed by atoms with van der Waals surface area (Å²) in [7, 11) is 0. The van der Waals surface area contributed by atoms with Crippen LogP contribution in [0.5, 0.6) is 5.75 Å². The van der Waals surface area contributed by atoms with Gasteiger partial charge in [0, 0.05) is 11.8 Å². The number of hydrogen-bond donors (Lipinski definition) is 0. The van der Waals surface area contributed by atoms with E-state index in [1.165, 1.54) is 0 Å². The van der Waals surface area contributed by atoms with Crippen molar-refractivity contribution >= 4 is 11.8 Å². The molecule has 4 fully saturated rings. The fraction of sp³-hybridized carbons (Fsp3) is 0.579. The Labute approximate surface area is 148 Å². The van der Waals surface area contributed by atoms with Gasteiger partial charge in [-0.05, 0) is 56.1 Å². The molecule has 0 saturated heterocycles. The Morgan fingerprint density at radius 3 is 1.96 bits per heavy atom. The van der Waals surface area contributed by atoms with Crippen molar-refractivity contribution in [2.75, 3.05) is 0 Å². The van der Waals surface area contributed by atoms with E-state index in [2.05, 4.69) is 0 Å². The predicted octanol–water partition coefficient (Wildman–Crippen LogP) is 3.89. The van der Waals surface area contributed by atoms with Crippen LogP contribution in [-0.4, -0.2) is 23.7 Å². The minimum Gasteiger partial charge on any atom is -0.452 e. The first-order valence-corrected chi connectivity index (χ1v) is 8.86. The number of benzene rings is 1. The molecule has 4 saturated carbocycles. The second-order valence-corrected chi connectivity index (χ2v) is 7.66. The number of hydrogen-bond acceptors (Lipinski definition) is 4. The zero-order chi connectivity index (χ0) is 18.5. The Morgan fingerprint density at radius 2 is 1.46 bits per heavy atom. The Hall–Kier alpha value is -2.05. The maximum Gasteiger partial charge on any atom is 0.461 e. The highest BCUT2D eigenvalue weighted by Crippen LogP contribution is 2.60. The van der Waals surface area contributed by atoms with E-state index in [1.54, 1.807) is 30.3 Å². The number of ether oxygens (including phenoxy) is 2. The summed E-state index contributed by atoms with van der Waals surface area (Å²) in [6, 6.07) is 8.61. The number of rotatable bonds is 4. The van der Waals surface area contributed by atoms with Gasteiger partial charge in [-0.2, -0.15) is 13.2 Å². The summed E-state index contributed by atoms with van der Waals surface area (Å²) in [5.74, 6) is -4.83. The van der Waals surface area contributed by atoms with Crippen molar-refractivity contribution in [1.82, 2.24) is 0 Å². The maximum atomic E-state index is 12.7. The fourth-order valence-corrected chi connectivity index (χ4v) is 5.17. The first kappa shape index (κ1) is 17.4. The number of Topliss-reactive ketones (excluding diaryl/α,β-unsaturated/α-hetero) is 1. The third-order valence-corrected chi connectivity index (χ3v) is 5.99. The predicted molar refractivity (Wildman–Crippen MR) is 84.0 cm³/mol. The van der Waals surface area contributed by atoms with E-state index in [0.29, 0.717) is 17.6 Å². The van der Waals surface area contributed by atoms with Gasteiger partial charge in [-0.1, -0.05) is 18.2 Å². The van der Waals surface area contributed by atoms with E-state index in [4.69, 9.17) is 9.47 Å². The lowest BCUT2D eigenvalue weighted by Crippen LogP contribution is -2.63. The van der Waals surface area contributed by atoms with Crippen LogP contribution < -0.4 is 4.74 Å². The summed E-state index contributed by atoms with van der Waals surface area (Å²) >= 11 is 0. The van der Waals surface area contributed by atoms with E-state index in [-0.39, 0.29) is 11.8 Å². The molecule has 0 atom stereocenters. The molecule has 1 aromatic rings. The molecule has 0 aliphatic heterocycles. The molecule has 4 bridgehead atoms. The van der Waals surface area contributed by atoms with E-state index in [0.717, 1.165) is 32.1 Å². The molecule has 0 heterocycles. The summed E-state index contributed by atoms with van der Waals surface area (Å²) in [4.78, 5) is 23.4. The zero-order valence-corrected chi connectivity index (χ0v) is 14.0. The minimum atomic E-state index is -5.25. The number of para-hydroxylation sites is 1. The van der Waals surface area contributed by atoms with Crippen molar-refractivity contribution in [2.45, 2.75) is 44.1 Å². The number of ketones is 1. The Kier molecular flexibility index (Phi) is 4.00. The van der Waals surface area contributed by atoms with Crippen molar-refractivity contribution in [3.63, 3.8) is 0 Å². The molecule has 5 rings (SSSR count). The van der Waals surface area contributed by atoms with Gasteiger partial charge in [0.25, 0.3) is 5.79 Å². The highest BCUT2D eigenvalue weighted by atomic mass is 19.4. The molecule has 140 valence electrons. The molecule has 26 heavy (non-hydrogen) atoms. The molecule has 4 nitrogen and oxygen atoms in total. The molecule has 0 N–H and O–H groups in total. The van der Waals surface area contributed by atoms with Crippen LogP contribution in [0.15, 0.2) is 30.3 Å². The third-order valence-electron chi connectivity index (χ3n) is 5.99. The van der Waals surface area contributed by atoms with Crippen LogP contribution in [0.25, 0.3) is 0 Å². The second-order valence-electron chi connectivity index (χ2n) is 7.66. The summed E-state index contributed by atoms with van der Waals surface area (Å²) in [6.45, 7) is 0. The molecule has 0 aromatic heterocycles. The minimum absolute atomic E-state index is 0.191. The van der Waals surface area contributed by atoms with Gasteiger partial charge in [0.1, 0.15) is 5.75 Å². The number of esters is 1. The summed E-state index contributed by atoms with van der Waals surface area (Å²) in [6.07, 6.45) is -1.16. The van der Waals surface area contributed by atoms with Crippen LogP contribution in [0.2, 0.25) is 0 Å². The van der Waals surface area contributed by atoms with Crippen LogP contribution in [0.3, 0.4) is 0 Å². The van der Waals surface area contributed by atoms with Gasteiger partial charge < -0.3 is 9.47 Å². The SMILES string of the molecule is O=C(OC1(Oc2ccccc2)C2CC3CC(C2)CC1C3)C(=O)C(F)(F)F. The van der Waals surface area contributed by atoms with Gasteiger partial charge in [-0.15, -0.1) is 0 Å². The summed E-state index contributed by atoms with van der Waals surface area (Å²) in [5.41, 5.74) is 0. The van der Waals surface area contributed by atoms with Gasteiger partial charge in [0.05, 0.1) is 0 Å². The molecule has 1 aromatic carbocycles. The average Bonchev–Trinajstić information content (AvgIpc) is 2.58. The monoisotopic (exact) mass is 368 g/mol. The topological polar surface area (TPSA) is 52.6 Å². The van der Waals surface area contributed by atoms with Gasteiger partial charge >= 0.3 is 17.9 Å². The summed E-state index contributed by atoms with van der Waals surface area (Å²) < 4.78 is 49.3. The lowest BCUT2D eigenvalue weighted by Gasteiger charge is -2.58. The third kappa shape index (κ3) is 2.87. The Bertz CT molecular complexity index is 685. The number of carbonyl (C=O) groups excluding carboxylic acids is 2. The fourth-order valence-electron chi connectivity index (χ4n) is 5.17.